The molecule has 0 rings (SSSR count). The van der Waals surface area contributed by atoms with E-state index in [1.54, 1.807) is 21.1 Å². The Morgan fingerprint density at radius 1 is 0.525 bits per heavy atom. The number of carboxylic acid groups (broad SMARTS) is 1. The largest absolute Gasteiger partial charge is 0.544 e. The summed E-state index contributed by atoms with van der Waals surface area (Å²) in [5.74, 6) is -1.78. The van der Waals surface area contributed by atoms with Gasteiger partial charge in [0, 0.05) is 19.3 Å². The summed E-state index contributed by atoms with van der Waals surface area (Å²) in [6, 6.07) is -0.735. The number of hydrogen-bond donors (Lipinski definition) is 0. The third-order valence-electron chi connectivity index (χ3n) is 10.3. The van der Waals surface area contributed by atoms with E-state index in [1.807, 2.05) is 0 Å². The number of quaternary nitrogens is 1. The molecule has 2 unspecified atom stereocenters. The van der Waals surface area contributed by atoms with Gasteiger partial charge in [0.15, 0.2) is 6.10 Å². The van der Waals surface area contributed by atoms with Gasteiger partial charge in [-0.05, 0) is 83.5 Å². The Kier molecular flexibility index (Phi) is 40.7. The highest BCUT2D eigenvalue weighted by Crippen LogP contribution is 2.13. The lowest BCUT2D eigenvalue weighted by Gasteiger charge is -2.34. The second-order valence-electron chi connectivity index (χ2n) is 17.0. The van der Waals surface area contributed by atoms with Gasteiger partial charge in [-0.1, -0.05) is 163 Å². The molecule has 0 aliphatic carbocycles. The molecule has 2 atom stereocenters. The lowest BCUT2D eigenvalue weighted by Crippen LogP contribution is -2.55. The summed E-state index contributed by atoms with van der Waals surface area (Å²) in [5, 5.41) is 11.6. The van der Waals surface area contributed by atoms with E-state index in [1.165, 1.54) is 44.9 Å². The van der Waals surface area contributed by atoms with Crippen LogP contribution in [0.5, 0.6) is 0 Å². The first-order valence-corrected chi connectivity index (χ1v) is 24.1. The van der Waals surface area contributed by atoms with E-state index in [-0.39, 0.29) is 42.7 Å². The summed E-state index contributed by atoms with van der Waals surface area (Å²) in [4.78, 5) is 37.0. The Morgan fingerprint density at radius 3 is 1.46 bits per heavy atom. The third kappa shape index (κ3) is 41.6. The maximum absolute atomic E-state index is 12.7. The number of carboxylic acids is 1. The monoisotopic (exact) mass is 852 g/mol. The number of likely N-dealkylation sites (N-methyl/N-ethyl adjacent to an activating group) is 1. The molecule has 0 radical (unpaired) electrons. The van der Waals surface area contributed by atoms with Crippen molar-refractivity contribution >= 4 is 17.9 Å². The Balaban J connectivity index is 4.33. The van der Waals surface area contributed by atoms with Crippen molar-refractivity contribution in [2.45, 2.75) is 193 Å². The van der Waals surface area contributed by atoms with Crippen molar-refractivity contribution in [2.24, 2.45) is 0 Å². The predicted molar refractivity (Wildman–Crippen MR) is 254 cm³/mol. The van der Waals surface area contributed by atoms with Gasteiger partial charge in [0.1, 0.15) is 12.6 Å². The minimum absolute atomic E-state index is 0.0264. The summed E-state index contributed by atoms with van der Waals surface area (Å²) < 4.78 is 17.2. The van der Waals surface area contributed by atoms with Crippen LogP contribution in [0.15, 0.2) is 85.1 Å². The zero-order valence-corrected chi connectivity index (χ0v) is 39.5. The highest BCUT2D eigenvalue weighted by Gasteiger charge is 2.25. The molecule has 8 nitrogen and oxygen atoms in total. The fourth-order valence-corrected chi connectivity index (χ4v) is 6.56. The van der Waals surface area contributed by atoms with E-state index in [9.17, 15) is 19.5 Å². The molecular weight excluding hydrogens is 763 g/mol. The summed E-state index contributed by atoms with van der Waals surface area (Å²) >= 11 is 0. The second kappa shape index (κ2) is 43.2. The van der Waals surface area contributed by atoms with E-state index in [4.69, 9.17) is 14.2 Å². The van der Waals surface area contributed by atoms with Crippen LogP contribution in [0.3, 0.4) is 0 Å². The number of ether oxygens (including phenoxy) is 3. The Labute approximate surface area is 373 Å². The molecule has 8 heteroatoms. The predicted octanol–water partition coefficient (Wildman–Crippen LogP) is 12.4. The fraction of sp³-hybridized carbons (Fsp3) is 0.679. The SMILES string of the molecule is CC/C=C/C/C=C/C/C=C/C/C=C/C/C=C/CCCCCCCCC(=O)OCC(COCCC(C(=O)[O-])[N+](C)(C)C)OC(=O)CCCCCCCC/C=C/C=C/CCCCC. The van der Waals surface area contributed by atoms with Crippen LogP contribution in [-0.4, -0.2) is 75.5 Å². The maximum Gasteiger partial charge on any atom is 0.306 e. The maximum atomic E-state index is 12.7. The van der Waals surface area contributed by atoms with Crippen molar-refractivity contribution in [1.29, 1.82) is 0 Å². The third-order valence-corrected chi connectivity index (χ3v) is 10.3. The lowest BCUT2D eigenvalue weighted by atomic mass is 10.1. The van der Waals surface area contributed by atoms with Crippen LogP contribution in [0.2, 0.25) is 0 Å². The molecule has 0 saturated carbocycles. The molecule has 0 aromatic heterocycles. The van der Waals surface area contributed by atoms with Crippen LogP contribution >= 0.6 is 0 Å². The molecule has 0 bridgehead atoms. The van der Waals surface area contributed by atoms with Gasteiger partial charge in [0.2, 0.25) is 0 Å². The van der Waals surface area contributed by atoms with Crippen molar-refractivity contribution in [3.8, 4) is 0 Å². The molecular formula is C53H89NO7. The van der Waals surface area contributed by atoms with E-state index in [0.29, 0.717) is 12.8 Å². The molecule has 0 N–H and O–H groups in total. The van der Waals surface area contributed by atoms with Crippen molar-refractivity contribution in [2.75, 3.05) is 41.0 Å². The van der Waals surface area contributed by atoms with E-state index >= 15 is 0 Å². The van der Waals surface area contributed by atoms with Crippen LogP contribution in [0.4, 0.5) is 0 Å². The molecule has 0 aliphatic heterocycles. The van der Waals surface area contributed by atoms with E-state index in [0.717, 1.165) is 103 Å². The van der Waals surface area contributed by atoms with Gasteiger partial charge in [-0.3, -0.25) is 9.59 Å². The van der Waals surface area contributed by atoms with E-state index < -0.39 is 18.1 Å². The van der Waals surface area contributed by atoms with Gasteiger partial charge in [-0.2, -0.15) is 0 Å². The van der Waals surface area contributed by atoms with Gasteiger partial charge in [-0.15, -0.1) is 0 Å². The molecule has 0 spiro atoms. The van der Waals surface area contributed by atoms with Gasteiger partial charge < -0.3 is 28.6 Å². The van der Waals surface area contributed by atoms with Gasteiger partial charge in [0.25, 0.3) is 0 Å². The number of aliphatic carboxylic acids is 1. The minimum Gasteiger partial charge on any atom is -0.544 e. The number of unbranched alkanes of at least 4 members (excludes halogenated alkanes) is 15. The molecule has 348 valence electrons. The topological polar surface area (TPSA) is 102 Å². The van der Waals surface area contributed by atoms with E-state index in [2.05, 4.69) is 98.9 Å². The quantitative estimate of drug-likeness (QED) is 0.0198. The van der Waals surface area contributed by atoms with Gasteiger partial charge in [0.05, 0.1) is 40.3 Å². The Morgan fingerprint density at radius 2 is 0.967 bits per heavy atom. The first-order valence-electron chi connectivity index (χ1n) is 24.1. The number of carbonyl (C=O) groups is 3. The molecule has 0 heterocycles. The van der Waals surface area contributed by atoms with Crippen molar-refractivity contribution in [3.05, 3.63) is 85.1 Å². The fourth-order valence-electron chi connectivity index (χ4n) is 6.56. The Hall–Kier alpha value is -3.49. The number of carbonyl (C=O) groups excluding carboxylic acids is 3. The van der Waals surface area contributed by atoms with Crippen LogP contribution in [-0.2, 0) is 28.6 Å². The smallest absolute Gasteiger partial charge is 0.306 e. The lowest BCUT2D eigenvalue weighted by molar-refractivity contribution is -0.889. The van der Waals surface area contributed by atoms with Crippen molar-refractivity contribution in [3.63, 3.8) is 0 Å². The molecule has 0 aliphatic rings. The molecule has 0 aromatic rings. The van der Waals surface area contributed by atoms with Crippen molar-refractivity contribution in [1.82, 2.24) is 0 Å². The zero-order chi connectivity index (χ0) is 44.9. The normalized spacial score (nSPS) is 13.7. The number of hydrogen-bond acceptors (Lipinski definition) is 7. The first-order chi connectivity index (χ1) is 29.6. The summed E-state index contributed by atoms with van der Waals surface area (Å²) in [6.07, 6.45) is 56.0. The van der Waals surface area contributed by atoms with Crippen LogP contribution in [0, 0.1) is 0 Å². The highest BCUT2D eigenvalue weighted by atomic mass is 16.6. The average Bonchev–Trinajstić information content (AvgIpc) is 3.22. The standard InChI is InChI=1S/C53H89NO7/c1-6-8-10-12-14-16-18-20-22-23-24-25-26-27-28-30-31-33-35-37-39-41-43-51(55)60-48-49(47-59-46-45-50(53(57)58)54(3,4)5)61-52(56)44-42-40-38-36-34-32-29-21-19-17-15-13-11-9-7-2/h8,10,14-17,19-22,24-25,27-28,49-50H,6-7,9,11-13,18,23,26,29-48H2,1-5H3/b10-8+,16-14+,17-15+,21-19+,22-20+,25-24+,28-27+. The number of nitrogens with zero attached hydrogens (tertiary/aromatic N) is 1. The molecule has 0 amide bonds. The number of rotatable bonds is 42. The van der Waals surface area contributed by atoms with Gasteiger partial charge >= 0.3 is 11.9 Å². The number of allylic oxidation sites excluding steroid dienone is 14. The molecule has 61 heavy (non-hydrogen) atoms. The highest BCUT2D eigenvalue weighted by molar-refractivity contribution is 5.70. The zero-order valence-electron chi connectivity index (χ0n) is 39.5. The minimum atomic E-state index is -1.13. The second-order valence-corrected chi connectivity index (χ2v) is 17.0. The summed E-state index contributed by atoms with van der Waals surface area (Å²) in [6.45, 7) is 4.48. The summed E-state index contributed by atoms with van der Waals surface area (Å²) in [5.41, 5.74) is 0. The van der Waals surface area contributed by atoms with Crippen molar-refractivity contribution < 1.29 is 38.2 Å². The number of esters is 2. The summed E-state index contributed by atoms with van der Waals surface area (Å²) in [7, 11) is 5.39. The molecule has 0 aromatic carbocycles. The van der Waals surface area contributed by atoms with Crippen LogP contribution in [0.25, 0.3) is 0 Å². The molecule has 0 saturated heterocycles. The first kappa shape index (κ1) is 57.5. The average molecular weight is 852 g/mol. The van der Waals surface area contributed by atoms with Crippen LogP contribution < -0.4 is 5.11 Å². The Bertz CT molecular complexity index is 1270. The van der Waals surface area contributed by atoms with Gasteiger partial charge in [-0.25, -0.2) is 0 Å². The molecule has 0 fully saturated rings. The van der Waals surface area contributed by atoms with Crippen LogP contribution in [0.1, 0.15) is 181 Å².